The fraction of sp³-hybridized carbons (Fsp3) is 0.450. The zero-order valence-electron chi connectivity index (χ0n) is 15.2. The van der Waals surface area contributed by atoms with Crippen LogP contribution < -0.4 is 4.90 Å². The molecule has 1 atom stereocenters. The molecule has 2 aliphatic rings. The van der Waals surface area contributed by atoms with Crippen molar-refractivity contribution < 1.29 is 14.4 Å². The van der Waals surface area contributed by atoms with Gasteiger partial charge in [-0.15, -0.1) is 6.58 Å². The number of amides is 3. The monoisotopic (exact) mass is 355 g/mol. The first-order chi connectivity index (χ1) is 12.5. The number of anilines is 1. The highest BCUT2D eigenvalue weighted by Crippen LogP contribution is 2.24. The predicted octanol–water partition coefficient (Wildman–Crippen LogP) is 1.59. The predicted molar refractivity (Wildman–Crippen MR) is 99.6 cm³/mol. The number of carbonyl (C=O) groups is 3. The van der Waals surface area contributed by atoms with Crippen molar-refractivity contribution in [2.75, 3.05) is 37.6 Å². The number of piperidine rings is 1. The van der Waals surface area contributed by atoms with E-state index in [1.165, 1.54) is 0 Å². The van der Waals surface area contributed by atoms with E-state index in [9.17, 15) is 14.4 Å². The highest BCUT2D eigenvalue weighted by molar-refractivity contribution is 5.99. The van der Waals surface area contributed by atoms with Crippen LogP contribution in [0.3, 0.4) is 0 Å². The van der Waals surface area contributed by atoms with Crippen LogP contribution in [0.4, 0.5) is 5.69 Å². The summed E-state index contributed by atoms with van der Waals surface area (Å²) < 4.78 is 0. The van der Waals surface area contributed by atoms with Gasteiger partial charge in [-0.2, -0.15) is 0 Å². The largest absolute Gasteiger partial charge is 0.338 e. The van der Waals surface area contributed by atoms with Crippen molar-refractivity contribution >= 4 is 23.4 Å². The van der Waals surface area contributed by atoms with Crippen molar-refractivity contribution in [2.45, 2.75) is 19.8 Å². The first kappa shape index (κ1) is 18.2. The number of hydrogen-bond donors (Lipinski definition) is 0. The van der Waals surface area contributed by atoms with Gasteiger partial charge in [-0.05, 0) is 25.0 Å². The van der Waals surface area contributed by atoms with E-state index in [-0.39, 0.29) is 30.2 Å². The third-order valence-electron chi connectivity index (χ3n) is 5.14. The number of para-hydroxylation sites is 1. The molecule has 0 N–H and O–H groups in total. The molecule has 0 radical (unpaired) electrons. The molecule has 2 aliphatic heterocycles. The molecular formula is C20H25N3O3. The lowest BCUT2D eigenvalue weighted by molar-refractivity contribution is -0.145. The minimum absolute atomic E-state index is 0.0238. The summed E-state index contributed by atoms with van der Waals surface area (Å²) in [5.74, 6) is -0.252. The van der Waals surface area contributed by atoms with Gasteiger partial charge < -0.3 is 14.7 Å². The van der Waals surface area contributed by atoms with Crippen molar-refractivity contribution in [2.24, 2.45) is 5.92 Å². The number of benzene rings is 1. The Morgan fingerprint density at radius 3 is 2.69 bits per heavy atom. The van der Waals surface area contributed by atoms with Crippen molar-refractivity contribution in [3.8, 4) is 0 Å². The van der Waals surface area contributed by atoms with Gasteiger partial charge >= 0.3 is 0 Å². The summed E-state index contributed by atoms with van der Waals surface area (Å²) in [7, 11) is 0. The lowest BCUT2D eigenvalue weighted by Crippen LogP contribution is -2.55. The fourth-order valence-electron chi connectivity index (χ4n) is 3.69. The molecular weight excluding hydrogens is 330 g/mol. The minimum Gasteiger partial charge on any atom is -0.338 e. The molecule has 2 heterocycles. The quantitative estimate of drug-likeness (QED) is 0.771. The van der Waals surface area contributed by atoms with Crippen LogP contribution in [-0.2, 0) is 14.4 Å². The maximum atomic E-state index is 12.9. The summed E-state index contributed by atoms with van der Waals surface area (Å²) in [4.78, 5) is 42.5. The Morgan fingerprint density at radius 1 is 1.23 bits per heavy atom. The van der Waals surface area contributed by atoms with Gasteiger partial charge in [-0.1, -0.05) is 24.3 Å². The second-order valence-corrected chi connectivity index (χ2v) is 6.91. The van der Waals surface area contributed by atoms with E-state index in [2.05, 4.69) is 6.58 Å². The highest BCUT2D eigenvalue weighted by Gasteiger charge is 2.35. The number of nitrogens with zero attached hydrogens (tertiary/aromatic N) is 3. The van der Waals surface area contributed by atoms with Gasteiger partial charge in [0.1, 0.15) is 6.54 Å². The summed E-state index contributed by atoms with van der Waals surface area (Å²) in [5, 5.41) is 0. The Kier molecular flexibility index (Phi) is 5.40. The molecule has 0 aromatic heterocycles. The van der Waals surface area contributed by atoms with Gasteiger partial charge in [0.05, 0.1) is 5.92 Å². The van der Waals surface area contributed by atoms with Crippen LogP contribution in [0, 0.1) is 12.8 Å². The van der Waals surface area contributed by atoms with Gasteiger partial charge in [0.2, 0.25) is 17.7 Å². The van der Waals surface area contributed by atoms with Crippen LogP contribution >= 0.6 is 0 Å². The number of carbonyl (C=O) groups excluding carboxylic acids is 3. The van der Waals surface area contributed by atoms with Crippen LogP contribution in [-0.4, -0.2) is 60.2 Å². The van der Waals surface area contributed by atoms with E-state index < -0.39 is 0 Å². The molecule has 1 unspecified atom stereocenters. The van der Waals surface area contributed by atoms with E-state index in [4.69, 9.17) is 0 Å². The van der Waals surface area contributed by atoms with Crippen LogP contribution in [0.25, 0.3) is 0 Å². The second-order valence-electron chi connectivity index (χ2n) is 6.91. The molecule has 0 aliphatic carbocycles. The van der Waals surface area contributed by atoms with Gasteiger partial charge in [0, 0.05) is 38.3 Å². The third-order valence-corrected chi connectivity index (χ3v) is 5.14. The Labute approximate surface area is 154 Å². The van der Waals surface area contributed by atoms with Gasteiger partial charge in [-0.3, -0.25) is 14.4 Å². The maximum absolute atomic E-state index is 12.9. The number of rotatable bonds is 4. The molecule has 26 heavy (non-hydrogen) atoms. The molecule has 0 saturated carbocycles. The smallest absolute Gasteiger partial charge is 0.246 e. The molecule has 0 spiro atoms. The Bertz CT molecular complexity index is 731. The Balaban J connectivity index is 1.64. The summed E-state index contributed by atoms with van der Waals surface area (Å²) >= 11 is 0. The van der Waals surface area contributed by atoms with Crippen molar-refractivity contribution in [1.29, 1.82) is 0 Å². The molecule has 3 amide bonds. The number of piperazine rings is 1. The summed E-state index contributed by atoms with van der Waals surface area (Å²) in [6.45, 7) is 7.63. The van der Waals surface area contributed by atoms with E-state index in [0.29, 0.717) is 39.0 Å². The molecule has 1 aromatic rings. The van der Waals surface area contributed by atoms with Crippen LogP contribution in [0.5, 0.6) is 0 Å². The van der Waals surface area contributed by atoms with E-state index in [1.807, 2.05) is 31.2 Å². The van der Waals surface area contributed by atoms with Crippen LogP contribution in [0.2, 0.25) is 0 Å². The zero-order valence-corrected chi connectivity index (χ0v) is 15.2. The lowest BCUT2D eigenvalue weighted by Gasteiger charge is -2.38. The van der Waals surface area contributed by atoms with Gasteiger partial charge in [0.15, 0.2) is 0 Å². The SMILES string of the molecule is C=CCN1CC(C(=O)N2CCN(c3ccccc3C)C(=O)C2)CCC1=O. The molecule has 2 saturated heterocycles. The molecule has 138 valence electrons. The summed E-state index contributed by atoms with van der Waals surface area (Å²) in [5.41, 5.74) is 1.96. The molecule has 6 heteroatoms. The Morgan fingerprint density at radius 2 is 2.00 bits per heavy atom. The van der Waals surface area contributed by atoms with Crippen LogP contribution in [0.1, 0.15) is 18.4 Å². The van der Waals surface area contributed by atoms with Gasteiger partial charge in [0.25, 0.3) is 0 Å². The standard InChI is InChI=1S/C20H25N3O3/c1-3-10-21-13-16(8-9-18(21)24)20(26)22-11-12-23(19(25)14-22)17-7-5-4-6-15(17)2/h3-7,16H,1,8-14H2,2H3. The average Bonchev–Trinajstić information content (AvgIpc) is 2.64. The fourth-order valence-corrected chi connectivity index (χ4v) is 3.69. The number of hydrogen-bond acceptors (Lipinski definition) is 3. The highest BCUT2D eigenvalue weighted by atomic mass is 16.2. The average molecular weight is 355 g/mol. The molecule has 1 aromatic carbocycles. The second kappa shape index (κ2) is 7.72. The van der Waals surface area contributed by atoms with E-state index in [0.717, 1.165) is 11.3 Å². The molecule has 0 bridgehead atoms. The maximum Gasteiger partial charge on any atom is 0.246 e. The van der Waals surface area contributed by atoms with Crippen molar-refractivity contribution in [1.82, 2.24) is 9.80 Å². The topological polar surface area (TPSA) is 60.9 Å². The molecule has 2 fully saturated rings. The van der Waals surface area contributed by atoms with Crippen molar-refractivity contribution in [3.05, 3.63) is 42.5 Å². The number of likely N-dealkylation sites (tertiary alicyclic amines) is 1. The molecule has 3 rings (SSSR count). The third kappa shape index (κ3) is 3.64. The first-order valence-electron chi connectivity index (χ1n) is 9.04. The minimum atomic E-state index is -0.231. The summed E-state index contributed by atoms with van der Waals surface area (Å²) in [6.07, 6.45) is 2.61. The number of aryl methyl sites for hydroxylation is 1. The molecule has 6 nitrogen and oxygen atoms in total. The Hall–Kier alpha value is -2.63. The lowest BCUT2D eigenvalue weighted by atomic mass is 9.95. The first-order valence-corrected chi connectivity index (χ1v) is 9.04. The van der Waals surface area contributed by atoms with Gasteiger partial charge in [-0.25, -0.2) is 0 Å². The van der Waals surface area contributed by atoms with E-state index in [1.54, 1.807) is 20.8 Å². The van der Waals surface area contributed by atoms with Crippen LogP contribution in [0.15, 0.2) is 36.9 Å². The normalized spacial score (nSPS) is 21.1. The summed E-state index contributed by atoms with van der Waals surface area (Å²) in [6, 6.07) is 7.78. The zero-order chi connectivity index (χ0) is 18.7. The van der Waals surface area contributed by atoms with E-state index >= 15 is 0 Å². The van der Waals surface area contributed by atoms with Crippen molar-refractivity contribution in [3.63, 3.8) is 0 Å².